The highest BCUT2D eigenvalue weighted by molar-refractivity contribution is 6.30. The van der Waals surface area contributed by atoms with E-state index >= 15 is 0 Å². The van der Waals surface area contributed by atoms with Crippen molar-refractivity contribution >= 4 is 11.6 Å². The molecule has 0 heterocycles. The van der Waals surface area contributed by atoms with E-state index in [1.54, 1.807) is 12.1 Å². The van der Waals surface area contributed by atoms with Crippen LogP contribution in [0, 0.1) is 0 Å². The summed E-state index contributed by atoms with van der Waals surface area (Å²) >= 11 is 5.77. The van der Waals surface area contributed by atoms with Crippen molar-refractivity contribution in [1.29, 1.82) is 0 Å². The molecule has 0 amide bonds. The molecule has 1 aromatic rings. The van der Waals surface area contributed by atoms with E-state index in [0.717, 1.165) is 0 Å². The van der Waals surface area contributed by atoms with Crippen LogP contribution in [0.1, 0.15) is 13.8 Å². The van der Waals surface area contributed by atoms with Crippen molar-refractivity contribution in [2.75, 3.05) is 6.61 Å². The van der Waals surface area contributed by atoms with Crippen molar-refractivity contribution in [1.82, 2.24) is 0 Å². The van der Waals surface area contributed by atoms with Gasteiger partial charge in [0, 0.05) is 5.02 Å². The molecule has 1 aromatic carbocycles. The first kappa shape index (κ1) is 10.4. The second-order valence-electron chi connectivity index (χ2n) is 3.48. The quantitative estimate of drug-likeness (QED) is 0.813. The first-order chi connectivity index (χ1) is 6.03. The average molecular weight is 201 g/mol. The zero-order chi connectivity index (χ0) is 9.90. The summed E-state index contributed by atoms with van der Waals surface area (Å²) in [6.45, 7) is 3.60. The number of aliphatic hydroxyl groups excluding tert-OH is 1. The molecule has 0 aliphatic carbocycles. The summed E-state index contributed by atoms with van der Waals surface area (Å²) in [7, 11) is 0. The number of ether oxygens (including phenoxy) is 1. The number of benzene rings is 1. The summed E-state index contributed by atoms with van der Waals surface area (Å²) in [5, 5.41) is 9.60. The Labute approximate surface area is 83.1 Å². The van der Waals surface area contributed by atoms with Gasteiger partial charge in [-0.2, -0.15) is 0 Å². The standard InChI is InChI=1S/C10H13ClO2/c1-10(2,7-12)13-9-5-3-4-8(11)6-9/h3-6,12H,7H2,1-2H3. The van der Waals surface area contributed by atoms with Crippen molar-refractivity contribution in [3.8, 4) is 5.75 Å². The second-order valence-corrected chi connectivity index (χ2v) is 3.91. The lowest BCUT2D eigenvalue weighted by atomic mass is 10.1. The van der Waals surface area contributed by atoms with Crippen LogP contribution in [0.3, 0.4) is 0 Å². The summed E-state index contributed by atoms with van der Waals surface area (Å²) in [5.74, 6) is 0.673. The zero-order valence-electron chi connectivity index (χ0n) is 7.75. The first-order valence-corrected chi connectivity index (χ1v) is 4.47. The number of aliphatic hydroxyl groups is 1. The van der Waals surface area contributed by atoms with Crippen LogP contribution in [0.5, 0.6) is 5.75 Å². The van der Waals surface area contributed by atoms with Gasteiger partial charge in [0.05, 0.1) is 6.61 Å². The Morgan fingerprint density at radius 3 is 2.69 bits per heavy atom. The molecule has 0 bridgehead atoms. The van der Waals surface area contributed by atoms with E-state index in [0.29, 0.717) is 10.8 Å². The van der Waals surface area contributed by atoms with E-state index in [-0.39, 0.29) is 6.61 Å². The van der Waals surface area contributed by atoms with Crippen molar-refractivity contribution in [3.63, 3.8) is 0 Å². The van der Waals surface area contributed by atoms with Crippen molar-refractivity contribution < 1.29 is 9.84 Å². The molecule has 0 aliphatic heterocycles. The molecule has 2 nitrogen and oxygen atoms in total. The molecule has 72 valence electrons. The number of halogens is 1. The van der Waals surface area contributed by atoms with Gasteiger partial charge in [0.1, 0.15) is 11.4 Å². The first-order valence-electron chi connectivity index (χ1n) is 4.09. The molecule has 1 rings (SSSR count). The molecule has 0 radical (unpaired) electrons. The van der Waals surface area contributed by atoms with Crippen LogP contribution in [-0.2, 0) is 0 Å². The molecule has 0 spiro atoms. The van der Waals surface area contributed by atoms with Crippen LogP contribution >= 0.6 is 11.6 Å². The number of hydrogen-bond donors (Lipinski definition) is 1. The highest BCUT2D eigenvalue weighted by Crippen LogP contribution is 2.21. The van der Waals surface area contributed by atoms with E-state index in [9.17, 15) is 0 Å². The lowest BCUT2D eigenvalue weighted by molar-refractivity contribution is 0.0413. The van der Waals surface area contributed by atoms with Gasteiger partial charge in [-0.05, 0) is 32.0 Å². The maximum atomic E-state index is 8.97. The fourth-order valence-electron chi connectivity index (χ4n) is 0.882. The lowest BCUT2D eigenvalue weighted by Crippen LogP contribution is -2.32. The van der Waals surface area contributed by atoms with E-state index in [4.69, 9.17) is 21.4 Å². The van der Waals surface area contributed by atoms with Crippen LogP contribution in [0.4, 0.5) is 0 Å². The minimum Gasteiger partial charge on any atom is -0.485 e. The minimum absolute atomic E-state index is 0.0283. The van der Waals surface area contributed by atoms with Gasteiger partial charge in [-0.3, -0.25) is 0 Å². The lowest BCUT2D eigenvalue weighted by Gasteiger charge is -2.23. The third-order valence-corrected chi connectivity index (χ3v) is 1.81. The molecule has 3 heteroatoms. The molecule has 1 N–H and O–H groups in total. The molecular weight excluding hydrogens is 188 g/mol. The van der Waals surface area contributed by atoms with E-state index < -0.39 is 5.60 Å². The fraction of sp³-hybridized carbons (Fsp3) is 0.400. The van der Waals surface area contributed by atoms with Crippen molar-refractivity contribution in [2.24, 2.45) is 0 Å². The van der Waals surface area contributed by atoms with Gasteiger partial charge < -0.3 is 9.84 Å². The molecule has 0 aromatic heterocycles. The molecule has 0 atom stereocenters. The predicted molar refractivity (Wildman–Crippen MR) is 53.2 cm³/mol. The van der Waals surface area contributed by atoms with Gasteiger partial charge >= 0.3 is 0 Å². The number of rotatable bonds is 3. The van der Waals surface area contributed by atoms with Gasteiger partial charge in [0.2, 0.25) is 0 Å². The van der Waals surface area contributed by atoms with E-state index in [1.165, 1.54) is 0 Å². The van der Waals surface area contributed by atoms with Crippen LogP contribution < -0.4 is 4.74 Å². The molecule has 0 aliphatic rings. The van der Waals surface area contributed by atoms with Gasteiger partial charge in [0.25, 0.3) is 0 Å². The Kier molecular flexibility index (Phi) is 3.17. The van der Waals surface area contributed by atoms with Gasteiger partial charge in [-0.15, -0.1) is 0 Å². The fourth-order valence-corrected chi connectivity index (χ4v) is 1.06. The minimum atomic E-state index is -0.565. The van der Waals surface area contributed by atoms with Crippen LogP contribution in [0.2, 0.25) is 5.02 Å². The summed E-state index contributed by atoms with van der Waals surface area (Å²) in [6, 6.07) is 7.12. The third-order valence-electron chi connectivity index (χ3n) is 1.57. The molecule has 0 fully saturated rings. The molecular formula is C10H13ClO2. The van der Waals surface area contributed by atoms with Crippen LogP contribution in [-0.4, -0.2) is 17.3 Å². The third kappa shape index (κ3) is 3.25. The Balaban J connectivity index is 2.74. The highest BCUT2D eigenvalue weighted by atomic mass is 35.5. The summed E-state index contributed by atoms with van der Waals surface area (Å²) in [5.41, 5.74) is -0.565. The van der Waals surface area contributed by atoms with E-state index in [2.05, 4.69) is 0 Å². The van der Waals surface area contributed by atoms with Gasteiger partial charge in [-0.25, -0.2) is 0 Å². The SMILES string of the molecule is CC(C)(CO)Oc1cccc(Cl)c1. The average Bonchev–Trinajstić information content (AvgIpc) is 2.03. The maximum absolute atomic E-state index is 8.97. The largest absolute Gasteiger partial charge is 0.485 e. The maximum Gasteiger partial charge on any atom is 0.126 e. The Hall–Kier alpha value is -0.730. The molecule has 0 saturated carbocycles. The van der Waals surface area contributed by atoms with Crippen LogP contribution in [0.15, 0.2) is 24.3 Å². The summed E-state index contributed by atoms with van der Waals surface area (Å²) in [6.07, 6.45) is 0. The van der Waals surface area contributed by atoms with Crippen molar-refractivity contribution in [3.05, 3.63) is 29.3 Å². The van der Waals surface area contributed by atoms with Gasteiger partial charge in [0.15, 0.2) is 0 Å². The van der Waals surface area contributed by atoms with Gasteiger partial charge in [-0.1, -0.05) is 17.7 Å². The zero-order valence-corrected chi connectivity index (χ0v) is 8.51. The summed E-state index contributed by atoms with van der Waals surface area (Å²) < 4.78 is 5.50. The molecule has 0 saturated heterocycles. The predicted octanol–water partition coefficient (Wildman–Crippen LogP) is 2.49. The van der Waals surface area contributed by atoms with Crippen LogP contribution in [0.25, 0.3) is 0 Å². The smallest absolute Gasteiger partial charge is 0.126 e. The summed E-state index contributed by atoms with van der Waals surface area (Å²) in [4.78, 5) is 0. The highest BCUT2D eigenvalue weighted by Gasteiger charge is 2.17. The van der Waals surface area contributed by atoms with Crippen molar-refractivity contribution in [2.45, 2.75) is 19.4 Å². The Morgan fingerprint density at radius 1 is 1.46 bits per heavy atom. The normalized spacial score (nSPS) is 11.4. The number of hydrogen-bond acceptors (Lipinski definition) is 2. The Morgan fingerprint density at radius 2 is 2.15 bits per heavy atom. The second kappa shape index (κ2) is 3.99. The topological polar surface area (TPSA) is 29.5 Å². The monoisotopic (exact) mass is 200 g/mol. The molecule has 13 heavy (non-hydrogen) atoms. The van der Waals surface area contributed by atoms with E-state index in [1.807, 2.05) is 26.0 Å². The Bertz CT molecular complexity index is 284. The molecule has 0 unspecified atom stereocenters.